The normalized spacial score (nSPS) is 22.5. The van der Waals surface area contributed by atoms with Crippen LogP contribution in [0.5, 0.6) is 0 Å². The molecule has 2 saturated heterocycles. The van der Waals surface area contributed by atoms with Gasteiger partial charge >= 0.3 is 0 Å². The lowest BCUT2D eigenvalue weighted by atomic mass is 9.95. The number of hydrogen-bond acceptors (Lipinski definition) is 5. The average Bonchev–Trinajstić information content (AvgIpc) is 3.43. The molecular formula is C26H30N2O4. The van der Waals surface area contributed by atoms with Gasteiger partial charge in [-0.05, 0) is 44.4 Å². The molecule has 2 heterocycles. The second kappa shape index (κ2) is 9.57. The van der Waals surface area contributed by atoms with Crippen molar-refractivity contribution in [1.82, 2.24) is 4.90 Å². The Morgan fingerprint density at radius 2 is 1.75 bits per heavy atom. The zero-order chi connectivity index (χ0) is 22.7. The van der Waals surface area contributed by atoms with Crippen LogP contribution < -0.4 is 4.90 Å². The summed E-state index contributed by atoms with van der Waals surface area (Å²) in [6, 6.07) is 16.2. The second-order valence-electron chi connectivity index (χ2n) is 8.22. The molecule has 4 rings (SSSR count). The summed E-state index contributed by atoms with van der Waals surface area (Å²) in [5.74, 6) is -1.38. The summed E-state index contributed by atoms with van der Waals surface area (Å²) in [5, 5.41) is 11.1. The van der Waals surface area contributed by atoms with Gasteiger partial charge in [0.1, 0.15) is 5.76 Å². The predicted molar refractivity (Wildman–Crippen MR) is 124 cm³/mol. The topological polar surface area (TPSA) is 70.1 Å². The molecule has 0 spiro atoms. The van der Waals surface area contributed by atoms with Crippen molar-refractivity contribution in [3.63, 3.8) is 0 Å². The summed E-state index contributed by atoms with van der Waals surface area (Å²) in [4.78, 5) is 30.0. The molecule has 2 unspecified atom stereocenters. The zero-order valence-electron chi connectivity index (χ0n) is 18.7. The van der Waals surface area contributed by atoms with E-state index in [1.54, 1.807) is 29.2 Å². The Balaban J connectivity index is 1.78. The van der Waals surface area contributed by atoms with Crippen molar-refractivity contribution in [2.24, 2.45) is 0 Å². The van der Waals surface area contributed by atoms with Crippen LogP contribution in [0.1, 0.15) is 43.9 Å². The van der Waals surface area contributed by atoms with Gasteiger partial charge in [0, 0.05) is 37.5 Å². The van der Waals surface area contributed by atoms with E-state index in [2.05, 4.69) is 18.7 Å². The molecule has 168 valence electrons. The number of carbonyl (C=O) groups is 2. The third-order valence-corrected chi connectivity index (χ3v) is 6.35. The minimum atomic E-state index is -0.651. The van der Waals surface area contributed by atoms with E-state index < -0.39 is 17.7 Å². The Morgan fingerprint density at radius 3 is 2.34 bits per heavy atom. The van der Waals surface area contributed by atoms with Gasteiger partial charge in [-0.25, -0.2) is 0 Å². The lowest BCUT2D eigenvalue weighted by molar-refractivity contribution is -0.140. The highest BCUT2D eigenvalue weighted by Crippen LogP contribution is 2.40. The van der Waals surface area contributed by atoms with Crippen LogP contribution in [0.15, 0.2) is 60.2 Å². The lowest BCUT2D eigenvalue weighted by Crippen LogP contribution is -2.36. The predicted octanol–water partition coefficient (Wildman–Crippen LogP) is 4.13. The van der Waals surface area contributed by atoms with Gasteiger partial charge in [0.25, 0.3) is 11.7 Å². The van der Waals surface area contributed by atoms with E-state index >= 15 is 0 Å². The van der Waals surface area contributed by atoms with Crippen molar-refractivity contribution in [1.29, 1.82) is 0 Å². The first-order valence-corrected chi connectivity index (χ1v) is 11.4. The van der Waals surface area contributed by atoms with Gasteiger partial charge in [-0.1, -0.05) is 42.5 Å². The van der Waals surface area contributed by atoms with Crippen molar-refractivity contribution in [3.8, 4) is 0 Å². The number of carbonyl (C=O) groups excluding carboxylic acids is 2. The van der Waals surface area contributed by atoms with Gasteiger partial charge in [0.15, 0.2) is 0 Å². The van der Waals surface area contributed by atoms with Gasteiger partial charge in [-0.15, -0.1) is 0 Å². The third kappa shape index (κ3) is 4.15. The van der Waals surface area contributed by atoms with Crippen LogP contribution in [0.25, 0.3) is 5.76 Å². The highest BCUT2D eigenvalue weighted by molar-refractivity contribution is 6.46. The fourth-order valence-electron chi connectivity index (χ4n) is 4.63. The lowest BCUT2D eigenvalue weighted by Gasteiger charge is -2.28. The number of rotatable bonds is 7. The first kappa shape index (κ1) is 22.1. The molecule has 0 saturated carbocycles. The van der Waals surface area contributed by atoms with E-state index in [0.29, 0.717) is 18.7 Å². The summed E-state index contributed by atoms with van der Waals surface area (Å²) >= 11 is 0. The molecule has 2 aromatic carbocycles. The molecule has 1 N–H and O–H groups in total. The van der Waals surface area contributed by atoms with Gasteiger partial charge < -0.3 is 19.6 Å². The molecule has 0 radical (unpaired) electrons. The number of aliphatic hydroxyl groups is 1. The molecule has 2 aliphatic rings. The summed E-state index contributed by atoms with van der Waals surface area (Å²) in [5.41, 5.74) is 2.54. The largest absolute Gasteiger partial charge is 0.507 e. The Labute approximate surface area is 189 Å². The molecular weight excluding hydrogens is 404 g/mol. The van der Waals surface area contributed by atoms with Crippen molar-refractivity contribution in [2.45, 2.75) is 38.8 Å². The Morgan fingerprint density at radius 1 is 1.06 bits per heavy atom. The van der Waals surface area contributed by atoms with Crippen LogP contribution in [0, 0.1) is 0 Å². The van der Waals surface area contributed by atoms with Crippen molar-refractivity contribution < 1.29 is 19.4 Å². The number of likely N-dealkylation sites (tertiary alicyclic amines) is 1. The van der Waals surface area contributed by atoms with E-state index in [1.165, 1.54) is 0 Å². The van der Waals surface area contributed by atoms with Crippen LogP contribution in [-0.2, 0) is 14.3 Å². The molecule has 0 bridgehead atoms. The van der Waals surface area contributed by atoms with Crippen molar-refractivity contribution in [2.75, 3.05) is 31.1 Å². The minimum Gasteiger partial charge on any atom is -0.507 e. The Bertz CT molecular complexity index is 990. The number of ether oxygens (including phenoxy) is 1. The highest BCUT2D eigenvalue weighted by Gasteiger charge is 2.47. The fraction of sp³-hybridized carbons (Fsp3) is 0.385. The number of hydrogen-bond donors (Lipinski definition) is 1. The van der Waals surface area contributed by atoms with Gasteiger partial charge in [-0.3, -0.25) is 9.59 Å². The smallest absolute Gasteiger partial charge is 0.295 e. The summed E-state index contributed by atoms with van der Waals surface area (Å²) in [6.45, 7) is 6.99. The minimum absolute atomic E-state index is 0.0950. The van der Waals surface area contributed by atoms with Crippen molar-refractivity contribution in [3.05, 3.63) is 71.3 Å². The van der Waals surface area contributed by atoms with Crippen molar-refractivity contribution >= 4 is 23.1 Å². The van der Waals surface area contributed by atoms with E-state index in [9.17, 15) is 14.7 Å². The molecule has 2 aromatic rings. The third-order valence-electron chi connectivity index (χ3n) is 6.35. The maximum Gasteiger partial charge on any atom is 0.295 e. The molecule has 0 aliphatic carbocycles. The number of anilines is 1. The number of nitrogens with zero attached hydrogens (tertiary/aromatic N) is 2. The fourth-order valence-corrected chi connectivity index (χ4v) is 4.63. The van der Waals surface area contributed by atoms with Crippen LogP contribution in [0.2, 0.25) is 0 Å². The standard InChI is InChI=1S/C26H30N2O4/c1-3-27(4-2)20-14-12-18(13-15-20)23-22(24(29)19-9-6-5-7-10-19)25(30)26(31)28(23)17-21-11-8-16-32-21/h5-7,9-10,12-15,21,23,29H,3-4,8,11,16-17H2,1-2H3/b24-22+. The molecule has 0 aromatic heterocycles. The summed E-state index contributed by atoms with van der Waals surface area (Å²) in [7, 11) is 0. The number of Topliss-reactive ketones (excluding diaryl/α,β-unsaturated/α-hetero) is 1. The SMILES string of the molecule is CCN(CC)c1ccc(C2/C(=C(\O)c3ccccc3)C(=O)C(=O)N2CC2CCCO2)cc1. The maximum absolute atomic E-state index is 13.1. The first-order valence-electron chi connectivity index (χ1n) is 11.4. The average molecular weight is 435 g/mol. The number of benzene rings is 2. The van der Waals surface area contributed by atoms with E-state index in [-0.39, 0.29) is 17.4 Å². The summed E-state index contributed by atoms with van der Waals surface area (Å²) in [6.07, 6.45) is 1.71. The quantitative estimate of drug-likeness (QED) is 0.403. The van der Waals surface area contributed by atoms with E-state index in [0.717, 1.165) is 37.2 Å². The molecule has 32 heavy (non-hydrogen) atoms. The maximum atomic E-state index is 13.1. The zero-order valence-corrected chi connectivity index (χ0v) is 18.7. The second-order valence-corrected chi connectivity index (χ2v) is 8.22. The molecule has 2 fully saturated rings. The molecule has 6 nitrogen and oxygen atoms in total. The Hall–Kier alpha value is -3.12. The highest BCUT2D eigenvalue weighted by atomic mass is 16.5. The van der Waals surface area contributed by atoms with Crippen LogP contribution >= 0.6 is 0 Å². The van der Waals surface area contributed by atoms with Crippen LogP contribution in [0.4, 0.5) is 5.69 Å². The van der Waals surface area contributed by atoms with Crippen LogP contribution in [-0.4, -0.2) is 54.0 Å². The first-order chi connectivity index (χ1) is 15.5. The number of amides is 1. The van der Waals surface area contributed by atoms with E-state index in [4.69, 9.17) is 4.74 Å². The Kier molecular flexibility index (Phi) is 6.61. The van der Waals surface area contributed by atoms with Crippen LogP contribution in [0.3, 0.4) is 0 Å². The number of aliphatic hydroxyl groups excluding tert-OH is 1. The van der Waals surface area contributed by atoms with E-state index in [1.807, 2.05) is 30.3 Å². The van der Waals surface area contributed by atoms with Gasteiger partial charge in [-0.2, -0.15) is 0 Å². The van der Waals surface area contributed by atoms with Gasteiger partial charge in [0.2, 0.25) is 0 Å². The molecule has 1 amide bonds. The molecule has 2 atom stereocenters. The molecule has 2 aliphatic heterocycles. The monoisotopic (exact) mass is 434 g/mol. The molecule has 6 heteroatoms. The summed E-state index contributed by atoms with van der Waals surface area (Å²) < 4.78 is 5.75. The number of ketones is 1. The van der Waals surface area contributed by atoms with Gasteiger partial charge in [0.05, 0.1) is 17.7 Å².